The number of rotatable bonds is 5. The summed E-state index contributed by atoms with van der Waals surface area (Å²) in [5.74, 6) is -12.8. The first-order valence-electron chi connectivity index (χ1n) is 13.7. The lowest BCUT2D eigenvalue weighted by molar-refractivity contribution is -0.277. The maximum atomic E-state index is 14.1. The van der Waals surface area contributed by atoms with Crippen molar-refractivity contribution in [1.29, 1.82) is 0 Å². The predicted molar refractivity (Wildman–Crippen MR) is 140 cm³/mol. The highest BCUT2D eigenvalue weighted by atomic mass is 16.7. The third-order valence-electron chi connectivity index (χ3n) is 9.45. The number of aliphatic hydroxyl groups excluding tert-OH is 4. The number of primary amides is 1. The highest BCUT2D eigenvalue weighted by Crippen LogP contribution is 2.55. The second kappa shape index (κ2) is 10.5. The lowest BCUT2D eigenvalue weighted by atomic mass is 9.49. The Morgan fingerprint density at radius 2 is 1.70 bits per heavy atom. The number of ketones is 4. The molecule has 3 fully saturated rings. The molecule has 0 spiro atoms. The highest BCUT2D eigenvalue weighted by molar-refractivity contribution is 6.32. The van der Waals surface area contributed by atoms with Crippen molar-refractivity contribution in [2.75, 3.05) is 20.7 Å². The molecular formula is C28H34N2O13. The quantitative estimate of drug-likeness (QED) is 0.158. The van der Waals surface area contributed by atoms with Crippen LogP contribution in [-0.4, -0.2) is 128 Å². The minimum Gasteiger partial charge on any atom is -0.461 e. The van der Waals surface area contributed by atoms with Gasteiger partial charge in [-0.15, -0.1) is 0 Å². The van der Waals surface area contributed by atoms with Crippen LogP contribution in [0.5, 0.6) is 5.75 Å². The van der Waals surface area contributed by atoms with Crippen molar-refractivity contribution >= 4 is 29.0 Å². The maximum Gasteiger partial charge on any atom is 0.235 e. The number of nitrogens with zero attached hydrogens (tertiary/aromatic N) is 1. The summed E-state index contributed by atoms with van der Waals surface area (Å²) in [6, 6.07) is 2.75. The lowest BCUT2D eigenvalue weighted by Gasteiger charge is -2.55. The fraction of sp³-hybridized carbons (Fsp3) is 0.607. The van der Waals surface area contributed by atoms with E-state index in [-0.39, 0.29) is 23.3 Å². The van der Waals surface area contributed by atoms with E-state index in [0.717, 1.165) is 0 Å². The lowest BCUT2D eigenvalue weighted by Crippen LogP contribution is -2.75. The molecule has 4 aliphatic rings. The summed E-state index contributed by atoms with van der Waals surface area (Å²) >= 11 is 0. The van der Waals surface area contributed by atoms with Gasteiger partial charge in [-0.2, -0.15) is 0 Å². The molecule has 12 atom stereocenters. The Kier molecular flexibility index (Phi) is 7.63. The monoisotopic (exact) mass is 606 g/mol. The summed E-state index contributed by atoms with van der Waals surface area (Å²) in [5, 5.41) is 63.9. The van der Waals surface area contributed by atoms with Crippen LogP contribution in [-0.2, 0) is 29.5 Å². The standard InChI is InChI=1S/C28H34N2O13/c1-27(40)9-5-4-6-12(42-26-22(36)21(35)18(32)13(8-31)43-26)14(9)19(33)15-10(27)7-11-17(30(2)3)20(34)16(25(29)39)24(38)28(11,41)23(15)37/h4-6,10-11,13,15-18,21-22,26,31-32,35-36,40-41H,7-8H2,1-3H3,(H2,29,39)/t10?,11?,13-,15?,16?,17+,18+,21+,22-,26?,27-,28+/m1/s1. The number of carbonyl (C=O) groups excluding carboxylic acids is 5. The van der Waals surface area contributed by atoms with Crippen molar-refractivity contribution in [3.05, 3.63) is 29.3 Å². The largest absolute Gasteiger partial charge is 0.461 e. The molecule has 0 radical (unpaired) electrons. The van der Waals surface area contributed by atoms with Crippen LogP contribution >= 0.6 is 0 Å². The molecule has 234 valence electrons. The number of ether oxygens (including phenoxy) is 2. The number of amides is 1. The van der Waals surface area contributed by atoms with E-state index < -0.39 is 107 Å². The molecule has 1 aliphatic heterocycles. The second-order valence-electron chi connectivity index (χ2n) is 12.1. The van der Waals surface area contributed by atoms with Gasteiger partial charge in [0.25, 0.3) is 0 Å². The zero-order valence-corrected chi connectivity index (χ0v) is 23.5. The molecule has 1 heterocycles. The predicted octanol–water partition coefficient (Wildman–Crippen LogP) is -3.99. The number of nitrogens with two attached hydrogens (primary N) is 1. The number of carbonyl (C=O) groups is 5. The van der Waals surface area contributed by atoms with E-state index in [1.165, 1.54) is 44.1 Å². The number of aliphatic hydroxyl groups is 6. The first kappa shape index (κ1) is 31.3. The van der Waals surface area contributed by atoms with E-state index in [0.29, 0.717) is 0 Å². The van der Waals surface area contributed by atoms with Gasteiger partial charge < -0.3 is 45.8 Å². The Morgan fingerprint density at radius 1 is 1.05 bits per heavy atom. The van der Waals surface area contributed by atoms with Gasteiger partial charge in [-0.05, 0) is 39.1 Å². The van der Waals surface area contributed by atoms with E-state index in [2.05, 4.69) is 0 Å². The first-order valence-corrected chi connectivity index (χ1v) is 13.7. The van der Waals surface area contributed by atoms with Gasteiger partial charge in [0, 0.05) is 11.8 Å². The molecule has 3 aliphatic carbocycles. The van der Waals surface area contributed by atoms with Gasteiger partial charge in [0.15, 0.2) is 34.7 Å². The summed E-state index contributed by atoms with van der Waals surface area (Å²) in [7, 11) is 2.91. The number of likely N-dealkylation sites (N-methyl/N-ethyl adjacent to an activating group) is 1. The fourth-order valence-electron chi connectivity index (χ4n) is 7.25. The van der Waals surface area contributed by atoms with Crippen molar-refractivity contribution in [3.63, 3.8) is 0 Å². The molecular weight excluding hydrogens is 572 g/mol. The molecule has 1 saturated heterocycles. The molecule has 0 bridgehead atoms. The first-order chi connectivity index (χ1) is 20.0. The van der Waals surface area contributed by atoms with Crippen LogP contribution in [0.2, 0.25) is 0 Å². The maximum absolute atomic E-state index is 14.1. The van der Waals surface area contributed by atoms with Crippen LogP contribution in [0.15, 0.2) is 18.2 Å². The Balaban J connectivity index is 1.60. The Bertz CT molecular complexity index is 1390. The van der Waals surface area contributed by atoms with Crippen molar-refractivity contribution in [3.8, 4) is 5.75 Å². The summed E-state index contributed by atoms with van der Waals surface area (Å²) in [4.78, 5) is 68.4. The number of Topliss-reactive ketones (excluding diaryl/α,β-unsaturated/α-hetero) is 4. The number of benzene rings is 1. The highest BCUT2D eigenvalue weighted by Gasteiger charge is 2.71. The van der Waals surface area contributed by atoms with Crippen LogP contribution in [0.4, 0.5) is 0 Å². The summed E-state index contributed by atoms with van der Waals surface area (Å²) < 4.78 is 11.1. The Labute approximate surface area is 244 Å². The van der Waals surface area contributed by atoms with Gasteiger partial charge in [0.2, 0.25) is 12.2 Å². The van der Waals surface area contributed by atoms with Crippen LogP contribution < -0.4 is 10.5 Å². The Hall–Kier alpha value is -3.15. The molecule has 1 aromatic carbocycles. The number of hydrogen-bond acceptors (Lipinski definition) is 14. The van der Waals surface area contributed by atoms with Crippen LogP contribution in [0.3, 0.4) is 0 Å². The van der Waals surface area contributed by atoms with E-state index in [1.807, 2.05) is 0 Å². The van der Waals surface area contributed by atoms with Crippen LogP contribution in [0.25, 0.3) is 0 Å². The third kappa shape index (κ3) is 4.29. The zero-order valence-electron chi connectivity index (χ0n) is 23.5. The molecule has 15 heteroatoms. The molecule has 8 N–H and O–H groups in total. The molecule has 5 rings (SSSR count). The van der Waals surface area contributed by atoms with Crippen molar-refractivity contribution in [2.45, 2.75) is 61.3 Å². The smallest absolute Gasteiger partial charge is 0.235 e. The SMILES string of the molecule is CN(C)[C@@H]1C(=O)C(C(N)=O)C(=O)[C@@]2(O)C(=O)C3C(=O)c4c(OC5O[C@H](CO)[C@H](O)[C@H](O)[C@H]5O)cccc4[C@@](C)(O)C3CC12. The van der Waals surface area contributed by atoms with Crippen LogP contribution in [0.1, 0.15) is 29.3 Å². The number of hydrogen-bond donors (Lipinski definition) is 7. The van der Waals surface area contributed by atoms with Crippen molar-refractivity contribution in [1.82, 2.24) is 4.90 Å². The van der Waals surface area contributed by atoms with E-state index >= 15 is 0 Å². The molecule has 0 aromatic heterocycles. The van der Waals surface area contributed by atoms with Gasteiger partial charge in [-0.25, -0.2) is 0 Å². The third-order valence-corrected chi connectivity index (χ3v) is 9.45. The summed E-state index contributed by atoms with van der Waals surface area (Å²) in [6.07, 6.45) is -8.71. The zero-order chi connectivity index (χ0) is 31.9. The molecule has 15 nitrogen and oxygen atoms in total. The fourth-order valence-corrected chi connectivity index (χ4v) is 7.25. The van der Waals surface area contributed by atoms with Crippen molar-refractivity contribution < 1.29 is 64.1 Å². The van der Waals surface area contributed by atoms with E-state index in [9.17, 15) is 54.6 Å². The van der Waals surface area contributed by atoms with Gasteiger partial charge in [-0.1, -0.05) is 12.1 Å². The molecule has 43 heavy (non-hydrogen) atoms. The van der Waals surface area contributed by atoms with E-state index in [1.54, 1.807) is 0 Å². The summed E-state index contributed by atoms with van der Waals surface area (Å²) in [6.45, 7) is 0.578. The average molecular weight is 607 g/mol. The van der Waals surface area contributed by atoms with Gasteiger partial charge in [0.05, 0.1) is 29.7 Å². The minimum absolute atomic E-state index is 0.00367. The molecule has 1 amide bonds. The molecule has 2 saturated carbocycles. The second-order valence-corrected chi connectivity index (χ2v) is 12.1. The molecule has 5 unspecified atom stereocenters. The summed E-state index contributed by atoms with van der Waals surface area (Å²) in [5.41, 5.74) is 0.0729. The normalized spacial score (nSPS) is 42.7. The number of fused-ring (bicyclic) bond motifs is 3. The van der Waals surface area contributed by atoms with E-state index in [4.69, 9.17) is 15.2 Å². The molecule has 1 aromatic rings. The minimum atomic E-state index is -2.96. The average Bonchev–Trinajstić information content (AvgIpc) is 2.93. The Morgan fingerprint density at radius 3 is 2.28 bits per heavy atom. The van der Waals surface area contributed by atoms with Gasteiger partial charge >= 0.3 is 0 Å². The van der Waals surface area contributed by atoms with Gasteiger partial charge in [0.1, 0.15) is 30.2 Å². The van der Waals surface area contributed by atoms with Crippen molar-refractivity contribution in [2.24, 2.45) is 29.4 Å². The van der Waals surface area contributed by atoms with Gasteiger partial charge in [-0.3, -0.25) is 28.9 Å². The topological polar surface area (TPSA) is 254 Å². The van der Waals surface area contributed by atoms with Crippen LogP contribution in [0, 0.1) is 23.7 Å².